The Bertz CT molecular complexity index is 1080. The third-order valence-electron chi connectivity index (χ3n) is 12.4. The summed E-state index contributed by atoms with van der Waals surface area (Å²) in [6.45, 7) is 4.77. The van der Waals surface area contributed by atoms with Gasteiger partial charge in [0.25, 0.3) is 0 Å². The van der Waals surface area contributed by atoms with Gasteiger partial charge in [-0.2, -0.15) is 0 Å². The summed E-state index contributed by atoms with van der Waals surface area (Å²) in [5.74, 6) is -1.45. The van der Waals surface area contributed by atoms with Crippen LogP contribution in [-0.2, 0) is 28.6 Å². The second-order valence-electron chi connectivity index (χ2n) is 19.5. The highest BCUT2D eigenvalue weighted by Crippen LogP contribution is 2.16. The number of carbonyl (C=O) groups excluding carboxylic acids is 2. The van der Waals surface area contributed by atoms with Gasteiger partial charge in [-0.25, -0.2) is 4.79 Å². The molecule has 0 aliphatic carbocycles. The number of hydrogen-bond donors (Lipinski definition) is 1. The molecular formula is C55H104NO7+. The molecule has 0 fully saturated rings. The number of hydrogen-bond acceptors (Lipinski definition) is 6. The zero-order chi connectivity index (χ0) is 46.3. The van der Waals surface area contributed by atoms with Gasteiger partial charge < -0.3 is 23.8 Å². The summed E-state index contributed by atoms with van der Waals surface area (Å²) in [4.78, 5) is 37.2. The van der Waals surface area contributed by atoms with E-state index in [0.717, 1.165) is 44.9 Å². The lowest BCUT2D eigenvalue weighted by Gasteiger charge is -2.31. The average Bonchev–Trinajstić information content (AvgIpc) is 3.24. The highest BCUT2D eigenvalue weighted by Gasteiger charge is 2.31. The molecule has 2 unspecified atom stereocenters. The summed E-state index contributed by atoms with van der Waals surface area (Å²) >= 11 is 0. The summed E-state index contributed by atoms with van der Waals surface area (Å²) in [7, 11) is 5.55. The number of quaternary nitrogens is 1. The smallest absolute Gasteiger partial charge is 0.362 e. The van der Waals surface area contributed by atoms with Crippen molar-refractivity contribution < 1.29 is 38.2 Å². The van der Waals surface area contributed by atoms with Gasteiger partial charge in [-0.05, 0) is 44.9 Å². The lowest BCUT2D eigenvalue weighted by atomic mass is 10.0. The molecule has 0 aromatic rings. The minimum absolute atomic E-state index is 0.0462. The van der Waals surface area contributed by atoms with Gasteiger partial charge in [0.05, 0.1) is 34.4 Å². The van der Waals surface area contributed by atoms with Crippen LogP contribution in [0.15, 0.2) is 24.3 Å². The maximum absolute atomic E-state index is 12.8. The van der Waals surface area contributed by atoms with E-state index >= 15 is 0 Å². The number of unbranched alkanes of at least 4 members (excludes halogenated alkanes) is 31. The van der Waals surface area contributed by atoms with E-state index in [4.69, 9.17) is 14.2 Å². The van der Waals surface area contributed by atoms with Crippen LogP contribution in [0.4, 0.5) is 0 Å². The molecule has 0 saturated carbocycles. The van der Waals surface area contributed by atoms with Crippen molar-refractivity contribution in [2.75, 3.05) is 41.0 Å². The van der Waals surface area contributed by atoms with Gasteiger partial charge in [0.2, 0.25) is 0 Å². The second-order valence-corrected chi connectivity index (χ2v) is 19.5. The van der Waals surface area contributed by atoms with Crippen molar-refractivity contribution in [3.8, 4) is 0 Å². The van der Waals surface area contributed by atoms with Crippen LogP contribution in [0.25, 0.3) is 0 Å². The van der Waals surface area contributed by atoms with Crippen LogP contribution in [0.5, 0.6) is 0 Å². The van der Waals surface area contributed by atoms with Crippen LogP contribution in [0.2, 0.25) is 0 Å². The molecular weight excluding hydrogens is 787 g/mol. The Morgan fingerprint density at radius 3 is 1.22 bits per heavy atom. The zero-order valence-electron chi connectivity index (χ0n) is 42.3. The highest BCUT2D eigenvalue weighted by molar-refractivity contribution is 5.72. The monoisotopic (exact) mass is 891 g/mol. The Kier molecular flexibility index (Phi) is 44.7. The number of carboxylic acids is 1. The van der Waals surface area contributed by atoms with Gasteiger partial charge in [-0.1, -0.05) is 218 Å². The molecule has 0 saturated heterocycles. The second kappa shape index (κ2) is 46.3. The topological polar surface area (TPSA) is 99.1 Å². The molecule has 0 aromatic heterocycles. The van der Waals surface area contributed by atoms with E-state index in [9.17, 15) is 19.5 Å². The molecule has 0 aromatic carbocycles. The Morgan fingerprint density at radius 2 is 0.841 bits per heavy atom. The van der Waals surface area contributed by atoms with E-state index in [1.807, 2.05) is 21.1 Å². The number of allylic oxidation sites excluding steroid dienone is 4. The van der Waals surface area contributed by atoms with Crippen molar-refractivity contribution in [2.24, 2.45) is 0 Å². The summed E-state index contributed by atoms with van der Waals surface area (Å²) in [6, 6.07) is -0.612. The molecule has 63 heavy (non-hydrogen) atoms. The molecule has 0 heterocycles. The number of likely N-dealkylation sites (N-methyl/N-ethyl adjacent to an activating group) is 1. The Hall–Kier alpha value is -2.19. The molecule has 8 heteroatoms. The first-order valence-electron chi connectivity index (χ1n) is 26.9. The number of esters is 2. The van der Waals surface area contributed by atoms with Crippen LogP contribution >= 0.6 is 0 Å². The van der Waals surface area contributed by atoms with Crippen molar-refractivity contribution in [2.45, 2.75) is 270 Å². The molecule has 2 atom stereocenters. The Labute approximate surface area is 390 Å². The van der Waals surface area contributed by atoms with Crippen LogP contribution in [0.3, 0.4) is 0 Å². The molecule has 0 spiro atoms. The van der Waals surface area contributed by atoms with Crippen LogP contribution in [-0.4, -0.2) is 80.6 Å². The van der Waals surface area contributed by atoms with E-state index in [1.165, 1.54) is 180 Å². The molecule has 370 valence electrons. The van der Waals surface area contributed by atoms with Crippen molar-refractivity contribution in [3.05, 3.63) is 24.3 Å². The van der Waals surface area contributed by atoms with Crippen LogP contribution in [0.1, 0.15) is 258 Å². The third kappa shape index (κ3) is 44.8. The van der Waals surface area contributed by atoms with E-state index in [2.05, 4.69) is 38.2 Å². The van der Waals surface area contributed by atoms with E-state index < -0.39 is 18.1 Å². The van der Waals surface area contributed by atoms with Gasteiger partial charge in [-0.3, -0.25) is 9.59 Å². The maximum Gasteiger partial charge on any atom is 0.362 e. The molecule has 1 N–H and O–H groups in total. The largest absolute Gasteiger partial charge is 0.477 e. The lowest BCUT2D eigenvalue weighted by Crippen LogP contribution is -2.50. The van der Waals surface area contributed by atoms with Crippen molar-refractivity contribution in [1.82, 2.24) is 0 Å². The number of carboxylic acid groups (broad SMARTS) is 1. The van der Waals surface area contributed by atoms with Gasteiger partial charge in [0.15, 0.2) is 12.1 Å². The fraction of sp³-hybridized carbons (Fsp3) is 0.873. The molecule has 8 nitrogen and oxygen atoms in total. The fourth-order valence-corrected chi connectivity index (χ4v) is 8.18. The minimum atomic E-state index is -0.871. The average molecular weight is 891 g/mol. The predicted molar refractivity (Wildman–Crippen MR) is 266 cm³/mol. The quantitative estimate of drug-likeness (QED) is 0.0281. The molecule has 0 radical (unpaired) electrons. The molecule has 0 rings (SSSR count). The van der Waals surface area contributed by atoms with Crippen molar-refractivity contribution >= 4 is 17.9 Å². The third-order valence-corrected chi connectivity index (χ3v) is 12.4. The number of rotatable bonds is 49. The van der Waals surface area contributed by atoms with E-state index in [-0.39, 0.29) is 36.2 Å². The van der Waals surface area contributed by atoms with Crippen molar-refractivity contribution in [1.29, 1.82) is 0 Å². The van der Waals surface area contributed by atoms with Gasteiger partial charge in [0.1, 0.15) is 6.61 Å². The molecule has 0 aliphatic heterocycles. The first-order valence-corrected chi connectivity index (χ1v) is 26.9. The SMILES string of the molecule is CCCCCCC/C=C\C/C=C\CCCCCCCCCCCCCC(=O)OC(COCCC(C(=O)O)[N+](C)(C)C)COC(=O)CCCCCCCCCCCCCCCCCC. The first kappa shape index (κ1) is 60.8. The summed E-state index contributed by atoms with van der Waals surface area (Å²) in [6.07, 6.45) is 53.7. The molecule has 0 bridgehead atoms. The van der Waals surface area contributed by atoms with E-state index in [1.54, 1.807) is 0 Å². The molecule has 0 aliphatic rings. The van der Waals surface area contributed by atoms with Gasteiger partial charge in [-0.15, -0.1) is 0 Å². The normalized spacial score (nSPS) is 13.0. The minimum Gasteiger partial charge on any atom is -0.477 e. The van der Waals surface area contributed by atoms with Crippen LogP contribution in [0, 0.1) is 0 Å². The summed E-state index contributed by atoms with van der Waals surface area (Å²) < 4.78 is 17.4. The van der Waals surface area contributed by atoms with Crippen molar-refractivity contribution in [3.63, 3.8) is 0 Å². The lowest BCUT2D eigenvalue weighted by molar-refractivity contribution is -0.887. The molecule has 0 amide bonds. The predicted octanol–water partition coefficient (Wildman–Crippen LogP) is 15.6. The Morgan fingerprint density at radius 1 is 0.476 bits per heavy atom. The van der Waals surface area contributed by atoms with Crippen LogP contribution < -0.4 is 0 Å². The zero-order valence-corrected chi connectivity index (χ0v) is 42.3. The fourth-order valence-electron chi connectivity index (χ4n) is 8.18. The highest BCUT2D eigenvalue weighted by atomic mass is 16.6. The summed E-state index contributed by atoms with van der Waals surface area (Å²) in [5, 5.41) is 9.66. The summed E-state index contributed by atoms with van der Waals surface area (Å²) in [5.41, 5.74) is 0. The number of nitrogens with zero attached hydrogens (tertiary/aromatic N) is 1. The Balaban J connectivity index is 4.18. The number of ether oxygens (including phenoxy) is 3. The first-order chi connectivity index (χ1) is 30.6. The maximum atomic E-state index is 12.8. The van der Waals surface area contributed by atoms with E-state index in [0.29, 0.717) is 19.3 Å². The standard InChI is InChI=1S/C55H103NO7/c1-6-8-10-12-14-16-18-20-22-24-25-26-27-28-29-30-32-34-36-38-40-42-44-46-54(58)63-51(49-61-48-47-52(55(59)60)56(3,4)5)50-62-53(57)45-43-41-39-37-35-33-31-23-21-19-17-15-13-11-9-7-2/h18,20,24-25,51-52H,6-17,19,21-23,26-50H2,1-5H3/p+1/b20-18-,25-24-. The number of carbonyl (C=O) groups is 3. The van der Waals surface area contributed by atoms with Gasteiger partial charge in [0, 0.05) is 19.3 Å². The van der Waals surface area contributed by atoms with Gasteiger partial charge >= 0.3 is 17.9 Å². The number of aliphatic carboxylic acids is 1.